The maximum atomic E-state index is 12.0. The van der Waals surface area contributed by atoms with E-state index in [4.69, 9.17) is 0 Å². The predicted octanol–water partition coefficient (Wildman–Crippen LogP) is 4.50. The molecule has 0 radical (unpaired) electrons. The number of hydrogen-bond acceptors (Lipinski definition) is 2. The van der Waals surface area contributed by atoms with Gasteiger partial charge in [-0.25, -0.2) is 0 Å². The Bertz CT molecular complexity index is 505. The van der Waals surface area contributed by atoms with Gasteiger partial charge in [-0.2, -0.15) is 11.3 Å². The van der Waals surface area contributed by atoms with Crippen LogP contribution in [0.25, 0.3) is 0 Å². The molecule has 0 amide bonds. The highest BCUT2D eigenvalue weighted by Crippen LogP contribution is 2.24. The van der Waals surface area contributed by atoms with Gasteiger partial charge in [-0.15, -0.1) is 0 Å². The summed E-state index contributed by atoms with van der Waals surface area (Å²) in [6.45, 7) is 0. The SMILES string of the molecule is O=C(c1cccc(Br)c1)c1cscc1Br. The van der Waals surface area contributed by atoms with Crippen LogP contribution in [0, 0.1) is 0 Å². The summed E-state index contributed by atoms with van der Waals surface area (Å²) in [7, 11) is 0. The summed E-state index contributed by atoms with van der Waals surface area (Å²) in [5.41, 5.74) is 1.42. The number of hydrogen-bond donors (Lipinski definition) is 0. The molecule has 0 aliphatic carbocycles. The zero-order valence-electron chi connectivity index (χ0n) is 7.54. The van der Waals surface area contributed by atoms with Crippen molar-refractivity contribution in [2.75, 3.05) is 0 Å². The fraction of sp³-hybridized carbons (Fsp3) is 0. The summed E-state index contributed by atoms with van der Waals surface area (Å²) in [5, 5.41) is 3.76. The average Bonchev–Trinajstić information content (AvgIpc) is 2.63. The molecule has 0 aliphatic rings. The van der Waals surface area contributed by atoms with Crippen LogP contribution in [0.4, 0.5) is 0 Å². The molecular weight excluding hydrogens is 340 g/mol. The minimum atomic E-state index is 0.0458. The summed E-state index contributed by atoms with van der Waals surface area (Å²) >= 11 is 8.23. The van der Waals surface area contributed by atoms with Gasteiger partial charge in [-0.05, 0) is 28.1 Å². The van der Waals surface area contributed by atoms with Gasteiger partial charge in [0, 0.05) is 30.8 Å². The average molecular weight is 346 g/mol. The third-order valence-corrected chi connectivity index (χ3v) is 4.14. The van der Waals surface area contributed by atoms with Crippen molar-refractivity contribution in [3.63, 3.8) is 0 Å². The van der Waals surface area contributed by atoms with Crippen molar-refractivity contribution < 1.29 is 4.79 Å². The number of carbonyl (C=O) groups excluding carboxylic acids is 1. The number of ketones is 1. The molecular formula is C11H6Br2OS. The van der Waals surface area contributed by atoms with E-state index in [1.807, 2.05) is 35.0 Å². The van der Waals surface area contributed by atoms with Crippen LogP contribution < -0.4 is 0 Å². The predicted molar refractivity (Wildman–Crippen MR) is 69.6 cm³/mol. The van der Waals surface area contributed by atoms with Crippen molar-refractivity contribution in [3.05, 3.63) is 55.1 Å². The maximum Gasteiger partial charge on any atom is 0.195 e. The molecule has 2 aromatic rings. The van der Waals surface area contributed by atoms with E-state index in [9.17, 15) is 4.79 Å². The Hall–Kier alpha value is -0.450. The minimum absolute atomic E-state index is 0.0458. The zero-order valence-corrected chi connectivity index (χ0v) is 11.5. The molecule has 76 valence electrons. The molecule has 0 aliphatic heterocycles. The number of carbonyl (C=O) groups is 1. The van der Waals surface area contributed by atoms with E-state index < -0.39 is 0 Å². The summed E-state index contributed by atoms with van der Waals surface area (Å²) in [6, 6.07) is 7.40. The van der Waals surface area contributed by atoms with Gasteiger partial charge in [0.1, 0.15) is 0 Å². The van der Waals surface area contributed by atoms with Gasteiger partial charge in [-0.3, -0.25) is 4.79 Å². The highest BCUT2D eigenvalue weighted by molar-refractivity contribution is 9.10. The van der Waals surface area contributed by atoms with E-state index in [-0.39, 0.29) is 5.78 Å². The van der Waals surface area contributed by atoms with Gasteiger partial charge in [0.05, 0.1) is 0 Å². The van der Waals surface area contributed by atoms with Crippen molar-refractivity contribution in [3.8, 4) is 0 Å². The Labute approximate surface area is 108 Å². The lowest BCUT2D eigenvalue weighted by Gasteiger charge is -1.99. The molecule has 0 N–H and O–H groups in total. The lowest BCUT2D eigenvalue weighted by Crippen LogP contribution is -1.99. The Kier molecular flexibility index (Phi) is 3.38. The number of halogens is 2. The summed E-state index contributed by atoms with van der Waals surface area (Å²) in [5.74, 6) is 0.0458. The minimum Gasteiger partial charge on any atom is -0.289 e. The lowest BCUT2D eigenvalue weighted by molar-refractivity contribution is 0.103. The van der Waals surface area contributed by atoms with E-state index in [1.54, 1.807) is 0 Å². The Morgan fingerprint density at radius 2 is 2.00 bits per heavy atom. The first-order chi connectivity index (χ1) is 7.18. The van der Waals surface area contributed by atoms with Crippen molar-refractivity contribution in [2.45, 2.75) is 0 Å². The number of rotatable bonds is 2. The van der Waals surface area contributed by atoms with Crippen LogP contribution in [0.3, 0.4) is 0 Å². The van der Waals surface area contributed by atoms with Crippen molar-refractivity contribution in [1.29, 1.82) is 0 Å². The molecule has 0 bridgehead atoms. The molecule has 2 rings (SSSR count). The molecule has 0 spiro atoms. The second kappa shape index (κ2) is 4.60. The molecule has 1 aromatic heterocycles. The second-order valence-corrected chi connectivity index (χ2v) is 5.49. The van der Waals surface area contributed by atoms with E-state index in [0.717, 1.165) is 14.5 Å². The largest absolute Gasteiger partial charge is 0.289 e. The van der Waals surface area contributed by atoms with Crippen molar-refractivity contribution in [1.82, 2.24) is 0 Å². The molecule has 0 unspecified atom stereocenters. The highest BCUT2D eigenvalue weighted by Gasteiger charge is 2.13. The van der Waals surface area contributed by atoms with Crippen LogP contribution in [0.5, 0.6) is 0 Å². The van der Waals surface area contributed by atoms with Gasteiger partial charge in [0.2, 0.25) is 0 Å². The van der Waals surface area contributed by atoms with Gasteiger partial charge < -0.3 is 0 Å². The van der Waals surface area contributed by atoms with Gasteiger partial charge in [0.25, 0.3) is 0 Å². The Morgan fingerprint density at radius 1 is 1.20 bits per heavy atom. The highest BCUT2D eigenvalue weighted by atomic mass is 79.9. The van der Waals surface area contributed by atoms with Crippen LogP contribution in [-0.2, 0) is 0 Å². The van der Waals surface area contributed by atoms with Crippen LogP contribution in [0.1, 0.15) is 15.9 Å². The third-order valence-electron chi connectivity index (χ3n) is 1.95. The third kappa shape index (κ3) is 2.38. The first-order valence-electron chi connectivity index (χ1n) is 4.20. The Morgan fingerprint density at radius 3 is 2.60 bits per heavy atom. The number of benzene rings is 1. The summed E-state index contributed by atoms with van der Waals surface area (Å²) < 4.78 is 1.78. The van der Waals surface area contributed by atoms with E-state index >= 15 is 0 Å². The Balaban J connectivity index is 2.41. The summed E-state index contributed by atoms with van der Waals surface area (Å²) in [4.78, 5) is 12.0. The second-order valence-electron chi connectivity index (χ2n) is 2.97. The summed E-state index contributed by atoms with van der Waals surface area (Å²) in [6.07, 6.45) is 0. The van der Waals surface area contributed by atoms with E-state index in [2.05, 4.69) is 31.9 Å². The van der Waals surface area contributed by atoms with Gasteiger partial charge >= 0.3 is 0 Å². The number of thiophene rings is 1. The van der Waals surface area contributed by atoms with Crippen LogP contribution in [-0.4, -0.2) is 5.78 Å². The van der Waals surface area contributed by atoms with Crippen LogP contribution in [0.15, 0.2) is 44.0 Å². The molecule has 0 fully saturated rings. The lowest BCUT2D eigenvalue weighted by atomic mass is 10.1. The van der Waals surface area contributed by atoms with Crippen LogP contribution >= 0.6 is 43.2 Å². The topological polar surface area (TPSA) is 17.1 Å². The van der Waals surface area contributed by atoms with Gasteiger partial charge in [-0.1, -0.05) is 28.1 Å². The first kappa shape index (κ1) is 11.0. The molecule has 0 atom stereocenters. The monoisotopic (exact) mass is 344 g/mol. The molecule has 1 aromatic carbocycles. The normalized spacial score (nSPS) is 10.3. The van der Waals surface area contributed by atoms with Gasteiger partial charge in [0.15, 0.2) is 5.78 Å². The maximum absolute atomic E-state index is 12.0. The molecule has 1 heterocycles. The smallest absolute Gasteiger partial charge is 0.195 e. The van der Waals surface area contributed by atoms with E-state index in [1.165, 1.54) is 11.3 Å². The quantitative estimate of drug-likeness (QED) is 0.732. The fourth-order valence-electron chi connectivity index (χ4n) is 1.23. The fourth-order valence-corrected chi connectivity index (χ4v) is 3.08. The molecule has 0 saturated heterocycles. The van der Waals surface area contributed by atoms with Crippen molar-refractivity contribution in [2.24, 2.45) is 0 Å². The van der Waals surface area contributed by atoms with E-state index in [0.29, 0.717) is 5.56 Å². The first-order valence-corrected chi connectivity index (χ1v) is 6.73. The standard InChI is InChI=1S/C11H6Br2OS/c12-8-3-1-2-7(4-8)11(14)9-5-15-6-10(9)13/h1-6H. The van der Waals surface area contributed by atoms with Crippen molar-refractivity contribution >= 4 is 49.0 Å². The molecule has 4 heteroatoms. The molecule has 0 saturated carbocycles. The van der Waals surface area contributed by atoms with Crippen LogP contribution in [0.2, 0.25) is 0 Å². The molecule has 1 nitrogen and oxygen atoms in total. The zero-order chi connectivity index (χ0) is 10.8. The molecule has 15 heavy (non-hydrogen) atoms.